The Morgan fingerprint density at radius 3 is 0.333 bits per heavy atom. The van der Waals surface area contributed by atoms with Crippen LogP contribution in [0, 0.1) is 0 Å². The molecule has 0 atom stereocenters. The molecule has 0 N–H and O–H groups in total. The summed E-state index contributed by atoms with van der Waals surface area (Å²) in [6, 6.07) is 0. The van der Waals surface area contributed by atoms with Gasteiger partial charge in [-0.2, -0.15) is 0 Å². The van der Waals surface area contributed by atoms with Crippen molar-refractivity contribution in [1.82, 2.24) is 0 Å². The Kier molecular flexibility index (Phi) is 2210. The minimum atomic E-state index is 0. The van der Waals surface area contributed by atoms with Gasteiger partial charge in [0.15, 0.2) is 0 Å². The normalized spacial score (nSPS) is 0. The van der Waals surface area contributed by atoms with Crippen LogP contribution in [0.1, 0.15) is 0 Å². The van der Waals surface area contributed by atoms with E-state index in [9.17, 15) is 0 Å². The fourth-order valence-electron chi connectivity index (χ4n) is 0. The van der Waals surface area contributed by atoms with Gasteiger partial charge in [-0.05, 0) is 0 Å². The molecule has 12 heteroatoms. The Hall–Kier alpha value is 4.87. The summed E-state index contributed by atoms with van der Waals surface area (Å²) in [6.45, 7) is 0. The van der Waals surface area contributed by atoms with Crippen LogP contribution in [0.5, 0.6) is 0 Å². The first-order chi connectivity index (χ1) is 0. The Morgan fingerprint density at radius 2 is 0.333 bits per heavy atom. The Balaban J connectivity index is 0. The Labute approximate surface area is 177 Å². The van der Waals surface area contributed by atoms with Crippen LogP contribution < -0.4 is 141 Å². The van der Waals surface area contributed by atoms with Gasteiger partial charge in [0.2, 0.25) is 0 Å². The van der Waals surface area contributed by atoms with Crippen LogP contribution in [0.15, 0.2) is 0 Å². The van der Waals surface area contributed by atoms with Gasteiger partial charge in [0.25, 0.3) is 0 Å². The average molecular weight is 579 g/mol. The molecule has 0 bridgehead atoms. The quantitative estimate of drug-likeness (QED) is 0.251. The molecule has 0 spiro atoms. The van der Waals surface area contributed by atoms with Gasteiger partial charge in [0.05, 0.1) is 0 Å². The van der Waals surface area contributed by atoms with E-state index in [1.54, 1.807) is 0 Å². The topological polar surface area (TPSA) is 0 Å². The van der Waals surface area contributed by atoms with Crippen molar-refractivity contribution in [3.05, 3.63) is 0 Å². The van der Waals surface area contributed by atoms with Crippen molar-refractivity contribution >= 4 is 0 Å². The molecular weight excluding hydrogens is 579 g/mol. The van der Waals surface area contributed by atoms with Crippen LogP contribution >= 0.6 is 0 Å². The van der Waals surface area contributed by atoms with E-state index in [1.165, 1.54) is 0 Å². The molecule has 0 saturated carbocycles. The number of halogens is 9. The van der Waals surface area contributed by atoms with E-state index in [4.69, 9.17) is 0 Å². The molecule has 0 aliphatic carbocycles. The molecule has 0 aliphatic heterocycles. The third kappa shape index (κ3) is 121. The second-order valence-electron chi connectivity index (χ2n) is 0. The maximum atomic E-state index is 0. The van der Waals surface area contributed by atoms with Crippen LogP contribution in [0.2, 0.25) is 0 Å². The molecule has 12 heavy (non-hydrogen) atoms. The van der Waals surface area contributed by atoms with Crippen molar-refractivity contribution < 1.29 is 181 Å². The predicted molar refractivity (Wildman–Crippen MR) is 0 cm³/mol. The van der Waals surface area contributed by atoms with E-state index in [1.807, 2.05) is 0 Å². The Morgan fingerprint density at radius 1 is 0.333 bits per heavy atom. The van der Waals surface area contributed by atoms with Gasteiger partial charge in [-0.1, -0.05) is 0 Å². The molecule has 77 valence electrons. The van der Waals surface area contributed by atoms with Crippen molar-refractivity contribution in [2.45, 2.75) is 0 Å². The molecule has 0 amide bonds. The monoisotopic (exact) mass is 575 g/mol. The third-order valence-corrected chi connectivity index (χ3v) is 0. The standard InChI is InChI=1S/9ClH.Fe.Na.Ta/h9*1H;;;/q;;;;;;;;;+3;+1;+5/p-9. The summed E-state index contributed by atoms with van der Waals surface area (Å²) in [5.74, 6) is 0. The third-order valence-electron chi connectivity index (χ3n) is 0. The van der Waals surface area contributed by atoms with Crippen molar-refractivity contribution in [3.8, 4) is 0 Å². The molecule has 0 unspecified atom stereocenters. The molecule has 0 rings (SSSR count). The molecule has 0 aromatic carbocycles. The average Bonchev–Trinajstić information content (AvgIpc) is 0. The predicted octanol–water partition coefficient (Wildman–Crippen LogP) is -30.0. The van der Waals surface area contributed by atoms with Gasteiger partial charge >= 0.3 is 69.0 Å². The summed E-state index contributed by atoms with van der Waals surface area (Å²) in [5.41, 5.74) is 0. The zero-order valence-electron chi connectivity index (χ0n) is 5.20. The van der Waals surface area contributed by atoms with Crippen LogP contribution in [0.4, 0.5) is 0 Å². The number of hydrogen-bond donors (Lipinski definition) is 0. The van der Waals surface area contributed by atoms with Gasteiger partial charge in [0, 0.05) is 0 Å². The molecule has 0 aromatic rings. The minimum Gasteiger partial charge on any atom is -1.00 e. The minimum absolute atomic E-state index is 0. The van der Waals surface area contributed by atoms with Crippen LogP contribution in [0.3, 0.4) is 0 Å². The van der Waals surface area contributed by atoms with Gasteiger partial charge in [-0.25, -0.2) is 0 Å². The van der Waals surface area contributed by atoms with E-state index in [2.05, 4.69) is 0 Å². The second kappa shape index (κ2) is 148. The van der Waals surface area contributed by atoms with E-state index < -0.39 is 0 Å². The van der Waals surface area contributed by atoms with Crippen molar-refractivity contribution in [2.24, 2.45) is 0 Å². The first-order valence-corrected chi connectivity index (χ1v) is 0. The summed E-state index contributed by atoms with van der Waals surface area (Å²) < 4.78 is 0. The maximum Gasteiger partial charge on any atom is 5.00 e. The maximum absolute atomic E-state index is 0. The van der Waals surface area contributed by atoms with Crippen molar-refractivity contribution in [1.29, 1.82) is 0 Å². The van der Waals surface area contributed by atoms with Gasteiger partial charge in [-0.15, -0.1) is 0 Å². The number of rotatable bonds is 0. The second-order valence-corrected chi connectivity index (χ2v) is 0. The zero-order chi connectivity index (χ0) is 0. The molecule has 0 nitrogen and oxygen atoms in total. The zero-order valence-corrected chi connectivity index (χ0v) is 18.3. The first-order valence-electron chi connectivity index (χ1n) is 0. The largest absolute Gasteiger partial charge is 5.00 e. The number of hydrogen-bond acceptors (Lipinski definition) is 0. The fraction of sp³-hybridized carbons (Fsp3) is 0. The summed E-state index contributed by atoms with van der Waals surface area (Å²) in [6.07, 6.45) is 0. The van der Waals surface area contributed by atoms with E-state index in [0.717, 1.165) is 0 Å². The van der Waals surface area contributed by atoms with Crippen molar-refractivity contribution in [2.75, 3.05) is 0 Å². The Bertz CT molecular complexity index is 14.5. The van der Waals surface area contributed by atoms with Gasteiger partial charge in [0.1, 0.15) is 0 Å². The molecule has 0 aromatic heterocycles. The molecule has 0 aliphatic rings. The molecule has 1 radical (unpaired) electrons. The molecular formula is Cl9FeNaTa. The fourth-order valence-corrected chi connectivity index (χ4v) is 0. The van der Waals surface area contributed by atoms with E-state index in [-0.39, 0.29) is 181 Å². The molecule has 0 heterocycles. The summed E-state index contributed by atoms with van der Waals surface area (Å²) in [7, 11) is 0. The summed E-state index contributed by atoms with van der Waals surface area (Å²) in [4.78, 5) is 0. The van der Waals surface area contributed by atoms with Crippen LogP contribution in [-0.4, -0.2) is 0 Å². The van der Waals surface area contributed by atoms with Gasteiger partial charge in [-0.3, -0.25) is 0 Å². The van der Waals surface area contributed by atoms with E-state index in [0.29, 0.717) is 0 Å². The molecule has 0 fully saturated rings. The smallest absolute Gasteiger partial charge is 1.00 e. The molecule has 0 saturated heterocycles. The van der Waals surface area contributed by atoms with Gasteiger partial charge < -0.3 is 112 Å². The SMILES string of the molecule is [Cl-].[Cl-].[Cl-].[Cl-].[Cl-].[Cl-].[Cl-].[Cl-].[Cl-].[Fe+3].[Na+].[Ta+5]. The van der Waals surface area contributed by atoms with Crippen LogP contribution in [0.25, 0.3) is 0 Å². The van der Waals surface area contributed by atoms with Crippen LogP contribution in [-0.2, 0) is 39.4 Å². The summed E-state index contributed by atoms with van der Waals surface area (Å²) in [5, 5.41) is 0. The van der Waals surface area contributed by atoms with E-state index >= 15 is 0 Å². The van der Waals surface area contributed by atoms with Crippen molar-refractivity contribution in [3.63, 3.8) is 0 Å². The first kappa shape index (κ1) is 179. The summed E-state index contributed by atoms with van der Waals surface area (Å²) >= 11 is 0.